The molecule has 0 spiro atoms. The van der Waals surface area contributed by atoms with E-state index < -0.39 is 5.97 Å². The van der Waals surface area contributed by atoms with E-state index in [0.29, 0.717) is 12.5 Å². The average molecular weight is 221 g/mol. The zero-order valence-electron chi connectivity index (χ0n) is 10.1. The molecule has 0 aliphatic rings. The summed E-state index contributed by atoms with van der Waals surface area (Å²) in [6, 6.07) is 6.16. The lowest BCUT2D eigenvalue weighted by atomic mass is 9.98. The predicted octanol–water partition coefficient (Wildman–Crippen LogP) is 3.01. The second-order valence-corrected chi connectivity index (χ2v) is 4.26. The molecule has 2 N–H and O–H groups in total. The number of para-hydroxylation sites is 1. The highest BCUT2D eigenvalue weighted by molar-refractivity contribution is 5.68. The summed E-state index contributed by atoms with van der Waals surface area (Å²) in [6.07, 6.45) is 0.145. The Balaban J connectivity index is 2.80. The zero-order chi connectivity index (χ0) is 12.1. The molecular formula is C13H19NO2. The van der Waals surface area contributed by atoms with Crippen LogP contribution in [-0.2, 0) is 4.79 Å². The Kier molecular flexibility index (Phi) is 4.35. The molecule has 0 heterocycles. The van der Waals surface area contributed by atoms with Crippen molar-refractivity contribution in [1.82, 2.24) is 0 Å². The molecule has 3 nitrogen and oxygen atoms in total. The van der Waals surface area contributed by atoms with Gasteiger partial charge in [0.25, 0.3) is 0 Å². The molecule has 16 heavy (non-hydrogen) atoms. The number of hydrogen-bond acceptors (Lipinski definition) is 2. The van der Waals surface area contributed by atoms with E-state index in [0.717, 1.165) is 11.3 Å². The molecule has 1 rings (SSSR count). The first-order chi connectivity index (χ1) is 7.52. The maximum absolute atomic E-state index is 10.5. The maximum Gasteiger partial charge on any atom is 0.305 e. The van der Waals surface area contributed by atoms with E-state index in [4.69, 9.17) is 5.11 Å². The van der Waals surface area contributed by atoms with Gasteiger partial charge >= 0.3 is 5.97 Å². The lowest BCUT2D eigenvalue weighted by Gasteiger charge is -2.16. The predicted molar refractivity (Wildman–Crippen MR) is 66.0 cm³/mol. The molecule has 0 bridgehead atoms. The van der Waals surface area contributed by atoms with Crippen LogP contribution in [0.2, 0.25) is 0 Å². The summed E-state index contributed by atoms with van der Waals surface area (Å²) in [5, 5.41) is 11.8. The second kappa shape index (κ2) is 5.54. The summed E-state index contributed by atoms with van der Waals surface area (Å²) in [5.74, 6) is -0.334. The lowest BCUT2D eigenvalue weighted by molar-refractivity contribution is -0.136. The van der Waals surface area contributed by atoms with Gasteiger partial charge in [-0.1, -0.05) is 32.0 Å². The van der Waals surface area contributed by atoms with Crippen molar-refractivity contribution in [3.63, 3.8) is 0 Å². The molecule has 1 aromatic rings. The van der Waals surface area contributed by atoms with Gasteiger partial charge in [-0.3, -0.25) is 4.79 Å². The number of anilines is 1. The standard InChI is InChI=1S/C13H19NO2/c1-9(2)11-6-4-5-10(3)13(11)14-8-7-12(15)16/h4-6,9,14H,7-8H2,1-3H3,(H,15,16). The Bertz CT molecular complexity index is 372. The average Bonchev–Trinajstić information content (AvgIpc) is 2.19. The Labute approximate surface area is 96.5 Å². The quantitative estimate of drug-likeness (QED) is 0.803. The molecule has 0 unspecified atom stereocenters. The van der Waals surface area contributed by atoms with Gasteiger partial charge < -0.3 is 10.4 Å². The van der Waals surface area contributed by atoms with Crippen LogP contribution in [0.25, 0.3) is 0 Å². The van der Waals surface area contributed by atoms with Crippen molar-refractivity contribution in [3.8, 4) is 0 Å². The molecule has 0 saturated carbocycles. The molecule has 0 fully saturated rings. The maximum atomic E-state index is 10.5. The van der Waals surface area contributed by atoms with Crippen molar-refractivity contribution in [2.24, 2.45) is 0 Å². The van der Waals surface area contributed by atoms with Crippen LogP contribution in [0.1, 0.15) is 37.3 Å². The molecule has 0 saturated heterocycles. The van der Waals surface area contributed by atoms with E-state index >= 15 is 0 Å². The van der Waals surface area contributed by atoms with Gasteiger partial charge in [-0.05, 0) is 24.0 Å². The van der Waals surface area contributed by atoms with Crippen molar-refractivity contribution >= 4 is 11.7 Å². The Morgan fingerprint density at radius 1 is 1.44 bits per heavy atom. The van der Waals surface area contributed by atoms with Crippen LogP contribution in [0.15, 0.2) is 18.2 Å². The zero-order valence-corrected chi connectivity index (χ0v) is 10.1. The highest BCUT2D eigenvalue weighted by Crippen LogP contribution is 2.27. The third-order valence-electron chi connectivity index (χ3n) is 2.57. The minimum Gasteiger partial charge on any atom is -0.481 e. The highest BCUT2D eigenvalue weighted by atomic mass is 16.4. The van der Waals surface area contributed by atoms with Gasteiger partial charge in [-0.15, -0.1) is 0 Å². The SMILES string of the molecule is Cc1cccc(C(C)C)c1NCCC(=O)O. The normalized spacial score (nSPS) is 10.5. The van der Waals surface area contributed by atoms with E-state index in [1.165, 1.54) is 5.56 Å². The number of carboxylic acids is 1. The van der Waals surface area contributed by atoms with E-state index in [2.05, 4.69) is 25.2 Å². The third kappa shape index (κ3) is 3.26. The lowest BCUT2D eigenvalue weighted by Crippen LogP contribution is -2.10. The van der Waals surface area contributed by atoms with Crippen LogP contribution in [0.5, 0.6) is 0 Å². The van der Waals surface area contributed by atoms with Crippen LogP contribution in [0.4, 0.5) is 5.69 Å². The van der Waals surface area contributed by atoms with E-state index in [9.17, 15) is 4.79 Å². The molecule has 0 aliphatic heterocycles. The van der Waals surface area contributed by atoms with Crippen LogP contribution in [-0.4, -0.2) is 17.6 Å². The number of carboxylic acid groups (broad SMARTS) is 1. The number of rotatable bonds is 5. The minimum atomic E-state index is -0.771. The number of nitrogens with one attached hydrogen (secondary N) is 1. The fourth-order valence-corrected chi connectivity index (χ4v) is 1.71. The van der Waals surface area contributed by atoms with Gasteiger partial charge in [0.2, 0.25) is 0 Å². The number of carbonyl (C=O) groups is 1. The highest BCUT2D eigenvalue weighted by Gasteiger charge is 2.08. The Morgan fingerprint density at radius 3 is 2.69 bits per heavy atom. The summed E-state index contributed by atoms with van der Waals surface area (Å²) >= 11 is 0. The summed E-state index contributed by atoms with van der Waals surface area (Å²) in [5.41, 5.74) is 3.49. The third-order valence-corrected chi connectivity index (χ3v) is 2.57. The van der Waals surface area contributed by atoms with Gasteiger partial charge in [-0.2, -0.15) is 0 Å². The van der Waals surface area contributed by atoms with Crippen molar-refractivity contribution < 1.29 is 9.90 Å². The first-order valence-electron chi connectivity index (χ1n) is 5.57. The number of aryl methyl sites for hydroxylation is 1. The molecule has 0 aromatic heterocycles. The van der Waals surface area contributed by atoms with Crippen LogP contribution < -0.4 is 5.32 Å². The molecule has 0 atom stereocenters. The smallest absolute Gasteiger partial charge is 0.305 e. The summed E-state index contributed by atoms with van der Waals surface area (Å²) in [6.45, 7) is 6.78. The first-order valence-corrected chi connectivity index (χ1v) is 5.57. The van der Waals surface area contributed by atoms with Crippen LogP contribution in [0, 0.1) is 6.92 Å². The Morgan fingerprint density at radius 2 is 2.12 bits per heavy atom. The molecule has 0 radical (unpaired) electrons. The summed E-state index contributed by atoms with van der Waals surface area (Å²) < 4.78 is 0. The molecule has 1 aromatic carbocycles. The minimum absolute atomic E-state index is 0.145. The summed E-state index contributed by atoms with van der Waals surface area (Å²) in [4.78, 5) is 10.5. The largest absolute Gasteiger partial charge is 0.481 e. The first kappa shape index (κ1) is 12.6. The van der Waals surface area contributed by atoms with E-state index in [-0.39, 0.29) is 6.42 Å². The second-order valence-electron chi connectivity index (χ2n) is 4.26. The molecule has 0 amide bonds. The van der Waals surface area contributed by atoms with Crippen molar-refractivity contribution in [2.45, 2.75) is 33.1 Å². The van der Waals surface area contributed by atoms with Gasteiger partial charge in [0.1, 0.15) is 0 Å². The van der Waals surface area contributed by atoms with E-state index in [1.807, 2.05) is 19.1 Å². The fourth-order valence-electron chi connectivity index (χ4n) is 1.71. The molecule has 0 aliphatic carbocycles. The van der Waals surface area contributed by atoms with Crippen molar-refractivity contribution in [3.05, 3.63) is 29.3 Å². The van der Waals surface area contributed by atoms with Crippen LogP contribution >= 0.6 is 0 Å². The summed E-state index contributed by atoms with van der Waals surface area (Å²) in [7, 11) is 0. The van der Waals surface area contributed by atoms with Gasteiger partial charge in [-0.25, -0.2) is 0 Å². The monoisotopic (exact) mass is 221 g/mol. The Hall–Kier alpha value is -1.51. The van der Waals surface area contributed by atoms with E-state index in [1.54, 1.807) is 0 Å². The number of aliphatic carboxylic acids is 1. The van der Waals surface area contributed by atoms with Gasteiger partial charge in [0, 0.05) is 12.2 Å². The van der Waals surface area contributed by atoms with Crippen LogP contribution in [0.3, 0.4) is 0 Å². The number of hydrogen-bond donors (Lipinski definition) is 2. The molecular weight excluding hydrogens is 202 g/mol. The fraction of sp³-hybridized carbons (Fsp3) is 0.462. The topological polar surface area (TPSA) is 49.3 Å². The number of benzene rings is 1. The molecule has 88 valence electrons. The van der Waals surface area contributed by atoms with Gasteiger partial charge in [0.05, 0.1) is 6.42 Å². The van der Waals surface area contributed by atoms with Crippen molar-refractivity contribution in [1.29, 1.82) is 0 Å². The van der Waals surface area contributed by atoms with Gasteiger partial charge in [0.15, 0.2) is 0 Å². The molecule has 3 heteroatoms. The van der Waals surface area contributed by atoms with Crippen molar-refractivity contribution in [2.75, 3.05) is 11.9 Å².